The van der Waals surface area contributed by atoms with E-state index >= 15 is 0 Å². The van der Waals surface area contributed by atoms with Crippen LogP contribution in [0.15, 0.2) is 41.2 Å². The second-order valence-electron chi connectivity index (χ2n) is 5.90. The normalized spacial score (nSPS) is 21.5. The van der Waals surface area contributed by atoms with Crippen molar-refractivity contribution in [2.45, 2.75) is 25.2 Å². The van der Waals surface area contributed by atoms with Gasteiger partial charge in [0.1, 0.15) is 18.0 Å². The molecule has 0 unspecified atom stereocenters. The third-order valence-corrected chi connectivity index (χ3v) is 4.23. The molecule has 1 aliphatic rings. The Balaban J connectivity index is 1.59. The third kappa shape index (κ3) is 3.83. The number of benzene rings is 1. The SMILES string of the molecule is COc1ccc(O[C@@H]2CCN(Cc3ccoc3)C[C@H]2O)cc1OC. The molecular formula is C18H23NO5. The Labute approximate surface area is 141 Å². The zero-order chi connectivity index (χ0) is 16.9. The molecule has 0 aliphatic carbocycles. The third-order valence-electron chi connectivity index (χ3n) is 4.23. The molecule has 6 nitrogen and oxygen atoms in total. The van der Waals surface area contributed by atoms with Gasteiger partial charge in [-0.3, -0.25) is 4.90 Å². The molecule has 2 aromatic rings. The van der Waals surface area contributed by atoms with Gasteiger partial charge in [0, 0.05) is 31.3 Å². The molecule has 24 heavy (non-hydrogen) atoms. The van der Waals surface area contributed by atoms with Gasteiger partial charge in [0.25, 0.3) is 0 Å². The summed E-state index contributed by atoms with van der Waals surface area (Å²) in [5.41, 5.74) is 1.11. The Kier molecular flexibility index (Phi) is 5.27. The summed E-state index contributed by atoms with van der Waals surface area (Å²) in [6.45, 7) is 2.21. The van der Waals surface area contributed by atoms with Crippen LogP contribution in [-0.2, 0) is 6.54 Å². The molecule has 3 rings (SSSR count). The predicted molar refractivity (Wildman–Crippen MR) is 88.6 cm³/mol. The van der Waals surface area contributed by atoms with E-state index in [2.05, 4.69) is 4.90 Å². The van der Waals surface area contributed by atoms with E-state index in [0.717, 1.165) is 25.1 Å². The lowest BCUT2D eigenvalue weighted by atomic mass is 10.0. The van der Waals surface area contributed by atoms with E-state index < -0.39 is 6.10 Å². The van der Waals surface area contributed by atoms with Gasteiger partial charge in [-0.25, -0.2) is 0 Å². The van der Waals surface area contributed by atoms with Crippen molar-refractivity contribution >= 4 is 0 Å². The highest BCUT2D eigenvalue weighted by Crippen LogP contribution is 2.32. The number of β-amino-alcohol motifs (C(OH)–C–C–N with tert-alkyl or cyclic N) is 1. The van der Waals surface area contributed by atoms with Crippen LogP contribution >= 0.6 is 0 Å². The Bertz CT molecular complexity index is 643. The number of hydrogen-bond donors (Lipinski definition) is 1. The van der Waals surface area contributed by atoms with Gasteiger partial charge in [-0.1, -0.05) is 0 Å². The standard InChI is InChI=1S/C18H23NO5/c1-21-17-4-3-14(9-18(17)22-2)24-16-5-7-19(11-15(16)20)10-13-6-8-23-12-13/h3-4,6,8-9,12,15-16,20H,5,7,10-11H2,1-2H3/t15-,16-/m1/s1. The largest absolute Gasteiger partial charge is 0.493 e. The monoisotopic (exact) mass is 333 g/mol. The van der Waals surface area contributed by atoms with Crippen molar-refractivity contribution < 1.29 is 23.7 Å². The molecule has 1 aromatic carbocycles. The molecule has 0 bridgehead atoms. The lowest BCUT2D eigenvalue weighted by Gasteiger charge is -2.35. The van der Waals surface area contributed by atoms with Crippen LogP contribution in [-0.4, -0.2) is 49.5 Å². The first kappa shape index (κ1) is 16.7. The fraction of sp³-hybridized carbons (Fsp3) is 0.444. The van der Waals surface area contributed by atoms with Gasteiger partial charge in [-0.15, -0.1) is 0 Å². The van der Waals surface area contributed by atoms with Crippen LogP contribution in [0.2, 0.25) is 0 Å². The maximum atomic E-state index is 10.4. The van der Waals surface area contributed by atoms with E-state index in [1.54, 1.807) is 38.9 Å². The van der Waals surface area contributed by atoms with E-state index in [1.165, 1.54) is 0 Å². The second kappa shape index (κ2) is 7.59. The number of piperidine rings is 1. The van der Waals surface area contributed by atoms with Gasteiger partial charge >= 0.3 is 0 Å². The summed E-state index contributed by atoms with van der Waals surface area (Å²) in [7, 11) is 3.18. The fourth-order valence-corrected chi connectivity index (χ4v) is 2.96. The Morgan fingerprint density at radius 1 is 1.21 bits per heavy atom. The highest BCUT2D eigenvalue weighted by Gasteiger charge is 2.29. The highest BCUT2D eigenvalue weighted by molar-refractivity contribution is 5.45. The van der Waals surface area contributed by atoms with Crippen molar-refractivity contribution in [2.24, 2.45) is 0 Å². The maximum absolute atomic E-state index is 10.4. The van der Waals surface area contributed by atoms with Crippen molar-refractivity contribution in [3.63, 3.8) is 0 Å². The molecule has 1 aliphatic heterocycles. The summed E-state index contributed by atoms with van der Waals surface area (Å²) < 4.78 is 21.6. The molecule has 1 fully saturated rings. The van der Waals surface area contributed by atoms with Gasteiger partial charge in [0.05, 0.1) is 26.7 Å². The minimum absolute atomic E-state index is 0.233. The second-order valence-corrected chi connectivity index (χ2v) is 5.90. The van der Waals surface area contributed by atoms with Crippen molar-refractivity contribution in [1.29, 1.82) is 0 Å². The number of hydrogen-bond acceptors (Lipinski definition) is 6. The summed E-state index contributed by atoms with van der Waals surface area (Å²) >= 11 is 0. The van der Waals surface area contributed by atoms with Crippen molar-refractivity contribution in [1.82, 2.24) is 4.90 Å². The Morgan fingerprint density at radius 2 is 2.04 bits per heavy atom. The highest BCUT2D eigenvalue weighted by atomic mass is 16.5. The Morgan fingerprint density at radius 3 is 2.71 bits per heavy atom. The van der Waals surface area contributed by atoms with Gasteiger partial charge < -0.3 is 23.7 Å². The van der Waals surface area contributed by atoms with Crippen molar-refractivity contribution in [3.8, 4) is 17.2 Å². The number of ether oxygens (including phenoxy) is 3. The number of methoxy groups -OCH3 is 2. The van der Waals surface area contributed by atoms with E-state index in [9.17, 15) is 5.11 Å². The van der Waals surface area contributed by atoms with E-state index in [1.807, 2.05) is 12.1 Å². The van der Waals surface area contributed by atoms with E-state index in [4.69, 9.17) is 18.6 Å². The maximum Gasteiger partial charge on any atom is 0.164 e. The molecule has 0 amide bonds. The summed E-state index contributed by atoms with van der Waals surface area (Å²) in [6.07, 6.45) is 3.38. The van der Waals surface area contributed by atoms with Crippen LogP contribution in [0.3, 0.4) is 0 Å². The smallest absolute Gasteiger partial charge is 0.164 e. The van der Waals surface area contributed by atoms with Crippen LogP contribution in [0.25, 0.3) is 0 Å². The summed E-state index contributed by atoms with van der Waals surface area (Å²) in [6, 6.07) is 7.35. The van der Waals surface area contributed by atoms with Gasteiger partial charge in [0.2, 0.25) is 0 Å². The molecule has 2 atom stereocenters. The molecular weight excluding hydrogens is 310 g/mol. The van der Waals surface area contributed by atoms with Crippen molar-refractivity contribution in [3.05, 3.63) is 42.4 Å². The number of aliphatic hydroxyl groups is 1. The molecule has 6 heteroatoms. The number of aliphatic hydroxyl groups excluding tert-OH is 1. The summed E-state index contributed by atoms with van der Waals surface area (Å²) in [4.78, 5) is 2.20. The minimum atomic E-state index is -0.543. The van der Waals surface area contributed by atoms with Crippen LogP contribution in [0.1, 0.15) is 12.0 Å². The van der Waals surface area contributed by atoms with Gasteiger partial charge in [-0.05, 0) is 24.6 Å². The molecule has 1 saturated heterocycles. The van der Waals surface area contributed by atoms with Crippen LogP contribution in [0.4, 0.5) is 0 Å². The molecule has 0 radical (unpaired) electrons. The van der Waals surface area contributed by atoms with E-state index in [-0.39, 0.29) is 6.10 Å². The number of likely N-dealkylation sites (tertiary alicyclic amines) is 1. The molecule has 2 heterocycles. The zero-order valence-corrected chi connectivity index (χ0v) is 14.0. The Hall–Kier alpha value is -2.18. The lowest BCUT2D eigenvalue weighted by Crippen LogP contribution is -2.48. The van der Waals surface area contributed by atoms with E-state index in [0.29, 0.717) is 23.8 Å². The average Bonchev–Trinajstić information content (AvgIpc) is 3.10. The van der Waals surface area contributed by atoms with Crippen LogP contribution in [0.5, 0.6) is 17.2 Å². The molecule has 0 spiro atoms. The molecule has 130 valence electrons. The number of rotatable bonds is 6. The van der Waals surface area contributed by atoms with Gasteiger partial charge in [0.15, 0.2) is 11.5 Å². The predicted octanol–water partition coefficient (Wildman–Crippen LogP) is 2.31. The number of nitrogens with zero attached hydrogens (tertiary/aromatic N) is 1. The fourth-order valence-electron chi connectivity index (χ4n) is 2.96. The quantitative estimate of drug-likeness (QED) is 0.875. The average molecular weight is 333 g/mol. The first-order chi connectivity index (χ1) is 11.7. The minimum Gasteiger partial charge on any atom is -0.493 e. The van der Waals surface area contributed by atoms with Gasteiger partial charge in [-0.2, -0.15) is 0 Å². The van der Waals surface area contributed by atoms with Crippen LogP contribution in [0, 0.1) is 0 Å². The van der Waals surface area contributed by atoms with Crippen LogP contribution < -0.4 is 14.2 Å². The lowest BCUT2D eigenvalue weighted by molar-refractivity contribution is -0.0276. The first-order valence-corrected chi connectivity index (χ1v) is 7.99. The number of furan rings is 1. The topological polar surface area (TPSA) is 64.3 Å². The van der Waals surface area contributed by atoms with Crippen molar-refractivity contribution in [2.75, 3.05) is 27.3 Å². The molecule has 0 saturated carbocycles. The summed E-state index contributed by atoms with van der Waals surface area (Å²) in [5.74, 6) is 1.93. The summed E-state index contributed by atoms with van der Waals surface area (Å²) in [5, 5.41) is 10.4. The zero-order valence-electron chi connectivity index (χ0n) is 14.0. The molecule has 1 aromatic heterocycles. The first-order valence-electron chi connectivity index (χ1n) is 7.99. The molecule has 1 N–H and O–H groups in total.